The number of imidazole rings is 1. The van der Waals surface area contributed by atoms with Gasteiger partial charge >= 0.3 is 6.18 Å². The van der Waals surface area contributed by atoms with Gasteiger partial charge in [0.15, 0.2) is 11.4 Å². The molecule has 0 spiro atoms. The number of amides is 2. The van der Waals surface area contributed by atoms with Crippen molar-refractivity contribution >= 4 is 28.7 Å². The van der Waals surface area contributed by atoms with Crippen molar-refractivity contribution in [2.75, 3.05) is 6.54 Å². The largest absolute Gasteiger partial charge is 0.391 e. The Balaban J connectivity index is 1.19. The van der Waals surface area contributed by atoms with E-state index in [-0.39, 0.29) is 93.1 Å². The summed E-state index contributed by atoms with van der Waals surface area (Å²) in [6.07, 6.45) is -5.33. The number of fused-ring (bicyclic) bond motifs is 1. The molecule has 3 atom stereocenters. The number of pyridine rings is 1. The van der Waals surface area contributed by atoms with E-state index >= 15 is 0 Å². The van der Waals surface area contributed by atoms with E-state index in [2.05, 4.69) is 30.9 Å². The molecule has 1 unspecified atom stereocenters. The van der Waals surface area contributed by atoms with Crippen LogP contribution in [0.4, 0.5) is 26.3 Å². The summed E-state index contributed by atoms with van der Waals surface area (Å²) in [5, 5.41) is 6.67. The quantitative estimate of drug-likeness (QED) is 0.361. The van der Waals surface area contributed by atoms with E-state index in [0.717, 1.165) is 0 Å². The molecule has 2 amide bonds. The first-order chi connectivity index (χ1) is 21.5. The predicted octanol–water partition coefficient (Wildman–Crippen LogP) is 5.34. The van der Waals surface area contributed by atoms with Gasteiger partial charge in [-0.3, -0.25) is 14.5 Å². The van der Waals surface area contributed by atoms with E-state index in [4.69, 9.17) is 4.94 Å². The Kier molecular flexibility index (Phi) is 6.97. The number of rotatable bonds is 6. The maximum Gasteiger partial charge on any atom is 0.391 e. The van der Waals surface area contributed by atoms with Crippen molar-refractivity contribution in [1.29, 1.82) is 0 Å². The Morgan fingerprint density at radius 3 is 2.37 bits per heavy atom. The van der Waals surface area contributed by atoms with Gasteiger partial charge in [-0.25, -0.2) is 23.1 Å². The lowest BCUT2D eigenvalue weighted by Gasteiger charge is -2.65. The smallest absolute Gasteiger partial charge is 0.341 e. The topological polar surface area (TPSA) is 125 Å². The van der Waals surface area contributed by atoms with E-state index in [1.165, 1.54) is 4.90 Å². The molecule has 3 N–H and O–H groups in total. The number of likely N-dealkylation sites (tertiary alicyclic amines) is 1. The van der Waals surface area contributed by atoms with Crippen LogP contribution in [-0.2, 0) is 14.5 Å². The van der Waals surface area contributed by atoms with E-state index in [0.29, 0.717) is 5.52 Å². The second-order valence-electron chi connectivity index (χ2n) is 14.4. The molecule has 2 aromatic heterocycles. The van der Waals surface area contributed by atoms with Crippen molar-refractivity contribution < 1.29 is 40.9 Å². The highest BCUT2D eigenvalue weighted by atomic mass is 19.4. The average molecular weight is 656 g/mol. The highest BCUT2D eigenvalue weighted by Crippen LogP contribution is 2.70. The second kappa shape index (κ2) is 10.3. The number of hydroxylamine groups is 1. The lowest BCUT2D eigenvalue weighted by molar-refractivity contribution is -0.229. The van der Waals surface area contributed by atoms with Crippen LogP contribution in [0.25, 0.3) is 11.2 Å². The van der Waals surface area contributed by atoms with E-state index in [1.54, 1.807) is 26.0 Å². The number of oxime groups is 1. The zero-order valence-corrected chi connectivity index (χ0v) is 25.3. The molecule has 250 valence electrons. The van der Waals surface area contributed by atoms with E-state index in [9.17, 15) is 35.9 Å². The molecule has 4 saturated carbocycles. The molecule has 46 heavy (non-hydrogen) atoms. The van der Waals surface area contributed by atoms with Crippen LogP contribution in [0.3, 0.4) is 0 Å². The first-order valence-electron chi connectivity index (χ1n) is 15.6. The first-order valence-corrected chi connectivity index (χ1v) is 15.6. The molecule has 0 radical (unpaired) electrons. The van der Waals surface area contributed by atoms with Gasteiger partial charge in [-0.2, -0.15) is 13.2 Å². The van der Waals surface area contributed by atoms with Crippen LogP contribution in [0, 0.1) is 17.3 Å². The third kappa shape index (κ3) is 5.29. The summed E-state index contributed by atoms with van der Waals surface area (Å²) in [6, 6.07) is 1.31. The van der Waals surface area contributed by atoms with Gasteiger partial charge in [0.25, 0.3) is 5.91 Å². The van der Waals surface area contributed by atoms with Gasteiger partial charge in [0.05, 0.1) is 34.6 Å². The molecule has 16 heteroatoms. The molecule has 2 aliphatic heterocycles. The molecule has 8 rings (SSSR count). The normalized spacial score (nSPS) is 32.6. The summed E-state index contributed by atoms with van der Waals surface area (Å²) >= 11 is 0. The fourth-order valence-electron chi connectivity index (χ4n) is 7.93. The standard InChI is InChI=1S/C30H35F6N7O3/c1-26(2)21(41-46-42-26)24(44)39-20(15-5-8-29(32,33)9-6-15)23-38-18-4-3-17(37-22(18)40-23)19-11-16(30(34,35)36)7-10-43(19)25(45)27-12-28(31,13-27)14-27/h3-4,15-16,19-20,42H,5-14H2,1-2H3,(H,39,44)(H,37,38,40)/t16-,19-,20?,27?,28?/m1/s1. The molecule has 0 aromatic carbocycles. The fraction of sp³-hybridized carbons (Fsp3) is 0.700. The van der Waals surface area contributed by atoms with Gasteiger partial charge in [-0.15, -0.1) is 5.48 Å². The van der Waals surface area contributed by atoms with Crippen molar-refractivity contribution in [3.63, 3.8) is 0 Å². The van der Waals surface area contributed by atoms with Gasteiger partial charge < -0.3 is 15.2 Å². The number of carbonyl (C=O) groups excluding carboxylic acids is 2. The van der Waals surface area contributed by atoms with Crippen molar-refractivity contribution in [3.8, 4) is 0 Å². The minimum atomic E-state index is -4.46. The van der Waals surface area contributed by atoms with Crippen molar-refractivity contribution in [1.82, 2.24) is 30.6 Å². The summed E-state index contributed by atoms with van der Waals surface area (Å²) in [7, 11) is 0. The summed E-state index contributed by atoms with van der Waals surface area (Å²) < 4.78 is 84.0. The third-order valence-corrected chi connectivity index (χ3v) is 10.5. The van der Waals surface area contributed by atoms with Gasteiger partial charge in [-0.1, -0.05) is 5.16 Å². The number of hydrogen-bond donors (Lipinski definition) is 3. The zero-order chi connectivity index (χ0) is 32.9. The molecule has 2 aromatic rings. The van der Waals surface area contributed by atoms with Crippen LogP contribution in [0.5, 0.6) is 0 Å². The Morgan fingerprint density at radius 2 is 1.76 bits per heavy atom. The van der Waals surface area contributed by atoms with Crippen molar-refractivity contribution in [2.24, 2.45) is 22.4 Å². The molecule has 5 fully saturated rings. The van der Waals surface area contributed by atoms with Crippen LogP contribution in [0.15, 0.2) is 17.3 Å². The number of halogens is 6. The predicted molar refractivity (Wildman–Crippen MR) is 151 cm³/mol. The molecule has 1 saturated heterocycles. The molecular weight excluding hydrogens is 620 g/mol. The Morgan fingerprint density at radius 1 is 1.07 bits per heavy atom. The number of nitrogens with one attached hydrogen (secondary N) is 3. The molecule has 10 nitrogen and oxygen atoms in total. The molecule has 4 aliphatic carbocycles. The van der Waals surface area contributed by atoms with Crippen molar-refractivity contribution in [2.45, 2.75) is 107 Å². The van der Waals surface area contributed by atoms with Gasteiger partial charge in [0, 0.05) is 19.4 Å². The fourth-order valence-corrected chi connectivity index (χ4v) is 7.93. The Bertz CT molecular complexity index is 1580. The minimum Gasteiger partial charge on any atom is -0.341 e. The summed E-state index contributed by atoms with van der Waals surface area (Å²) in [5.74, 6) is -5.53. The monoisotopic (exact) mass is 655 g/mol. The molecule has 4 heterocycles. The summed E-state index contributed by atoms with van der Waals surface area (Å²) in [5.41, 5.74) is 0.338. The van der Waals surface area contributed by atoms with E-state index in [1.807, 2.05) is 0 Å². The lowest BCUT2D eigenvalue weighted by Crippen LogP contribution is -2.70. The molecular formula is C30H35F6N7O3. The number of H-pyrrole nitrogens is 1. The highest BCUT2D eigenvalue weighted by molar-refractivity contribution is 6.42. The van der Waals surface area contributed by atoms with Crippen LogP contribution >= 0.6 is 0 Å². The maximum atomic E-state index is 14.3. The van der Waals surface area contributed by atoms with E-state index < -0.39 is 58.5 Å². The number of nitrogens with zero attached hydrogens (tertiary/aromatic N) is 4. The number of aromatic nitrogens is 3. The Hall–Kier alpha value is -3.43. The first kappa shape index (κ1) is 31.2. The van der Waals surface area contributed by atoms with Crippen molar-refractivity contribution in [3.05, 3.63) is 23.7 Å². The zero-order valence-electron chi connectivity index (χ0n) is 25.3. The van der Waals surface area contributed by atoms with Gasteiger partial charge in [0.1, 0.15) is 17.0 Å². The van der Waals surface area contributed by atoms with Crippen LogP contribution in [0.1, 0.15) is 95.2 Å². The van der Waals surface area contributed by atoms with Gasteiger partial charge in [-0.05, 0) is 76.8 Å². The Labute approximate surface area is 260 Å². The SMILES string of the molecule is CC1(C)NON=C1C(=O)NC(c1nc2nc([C@H]3C[C@H](C(F)(F)F)CCN3C(=O)C34CC(F)(C3)C4)ccc2[nH]1)C1CCC(F)(F)CC1. The minimum absolute atomic E-state index is 0.0545. The van der Waals surface area contributed by atoms with Gasteiger partial charge in [0.2, 0.25) is 11.8 Å². The molecule has 6 aliphatic rings. The maximum absolute atomic E-state index is 14.3. The number of hydrogen-bond acceptors (Lipinski definition) is 7. The molecule has 2 bridgehead atoms. The number of carbonyl (C=O) groups is 2. The number of aromatic amines is 1. The van der Waals surface area contributed by atoms with Crippen LogP contribution in [-0.4, -0.2) is 67.2 Å². The second-order valence-corrected chi connectivity index (χ2v) is 14.4. The highest BCUT2D eigenvalue weighted by Gasteiger charge is 2.73. The average Bonchev–Trinajstić information content (AvgIpc) is 3.54. The lowest BCUT2D eigenvalue weighted by atomic mass is 9.41. The van der Waals surface area contributed by atoms with Crippen LogP contribution < -0.4 is 10.8 Å². The number of alkyl halides is 6. The van der Waals surface area contributed by atoms with Crippen LogP contribution in [0.2, 0.25) is 0 Å². The number of piperidine rings is 1. The third-order valence-electron chi connectivity index (χ3n) is 10.5. The summed E-state index contributed by atoms with van der Waals surface area (Å²) in [4.78, 5) is 45.5. The summed E-state index contributed by atoms with van der Waals surface area (Å²) in [6.45, 7) is 3.25.